The van der Waals surface area contributed by atoms with Crippen LogP contribution in [0.25, 0.3) is 0 Å². The van der Waals surface area contributed by atoms with E-state index in [0.717, 1.165) is 13.1 Å². The van der Waals surface area contributed by atoms with E-state index in [0.29, 0.717) is 12.0 Å². The molecule has 0 saturated carbocycles. The highest BCUT2D eigenvalue weighted by Crippen LogP contribution is 2.35. The summed E-state index contributed by atoms with van der Waals surface area (Å²) in [7, 11) is 2.25. The second kappa shape index (κ2) is 7.01. The number of aryl methyl sites for hydroxylation is 1. The molecule has 3 nitrogen and oxygen atoms in total. The van der Waals surface area contributed by atoms with Crippen LogP contribution >= 0.6 is 0 Å². The molecule has 0 amide bonds. The topological polar surface area (TPSA) is 28.2 Å². The second-order valence-corrected chi connectivity index (χ2v) is 5.76. The predicted molar refractivity (Wildman–Crippen MR) is 80.2 cm³/mol. The maximum atomic E-state index is 4.34. The van der Waals surface area contributed by atoms with Crippen LogP contribution in [0.5, 0.6) is 0 Å². The fourth-order valence-corrected chi connectivity index (χ4v) is 3.21. The lowest BCUT2D eigenvalue weighted by Crippen LogP contribution is -2.41. The monoisotopic (exact) mass is 261 g/mol. The highest BCUT2D eigenvalue weighted by atomic mass is 15.1. The second-order valence-electron chi connectivity index (χ2n) is 5.76. The number of rotatable bonds is 5. The van der Waals surface area contributed by atoms with Crippen molar-refractivity contribution in [2.75, 3.05) is 26.7 Å². The SMILES string of the molecule is CCCNCC1CCCN(C)C1c1cnccc1C. The third kappa shape index (κ3) is 3.54. The van der Waals surface area contributed by atoms with Crippen LogP contribution in [0.1, 0.15) is 43.4 Å². The van der Waals surface area contributed by atoms with Crippen LogP contribution in [-0.2, 0) is 0 Å². The number of nitrogens with one attached hydrogen (secondary N) is 1. The quantitative estimate of drug-likeness (QED) is 0.826. The minimum Gasteiger partial charge on any atom is -0.316 e. The van der Waals surface area contributed by atoms with E-state index in [4.69, 9.17) is 0 Å². The minimum atomic E-state index is 0.520. The van der Waals surface area contributed by atoms with Gasteiger partial charge in [-0.2, -0.15) is 0 Å². The maximum Gasteiger partial charge on any atom is 0.0403 e. The first kappa shape index (κ1) is 14.5. The lowest BCUT2D eigenvalue weighted by molar-refractivity contribution is 0.119. The standard InChI is InChI=1S/C16H27N3/c1-4-8-17-11-14-6-5-10-19(3)16(14)15-12-18-9-7-13(15)2/h7,9,12,14,16-17H,4-6,8,10-11H2,1-3H3. The molecule has 0 aromatic carbocycles. The molecular formula is C16H27N3. The van der Waals surface area contributed by atoms with Crippen LogP contribution in [-0.4, -0.2) is 36.6 Å². The zero-order valence-electron chi connectivity index (χ0n) is 12.5. The summed E-state index contributed by atoms with van der Waals surface area (Å²) < 4.78 is 0. The van der Waals surface area contributed by atoms with Crippen LogP contribution in [0, 0.1) is 12.8 Å². The fraction of sp³-hybridized carbons (Fsp3) is 0.688. The van der Waals surface area contributed by atoms with Crippen LogP contribution in [0.2, 0.25) is 0 Å². The first-order valence-electron chi connectivity index (χ1n) is 7.55. The molecule has 0 spiro atoms. The molecule has 2 atom stereocenters. The van der Waals surface area contributed by atoms with E-state index in [9.17, 15) is 0 Å². The van der Waals surface area contributed by atoms with Gasteiger partial charge in [-0.1, -0.05) is 6.92 Å². The predicted octanol–water partition coefficient (Wildman–Crippen LogP) is 2.77. The van der Waals surface area contributed by atoms with E-state index < -0.39 is 0 Å². The van der Waals surface area contributed by atoms with Crippen molar-refractivity contribution in [3.8, 4) is 0 Å². The van der Waals surface area contributed by atoms with Crippen LogP contribution in [0.15, 0.2) is 18.5 Å². The molecule has 1 N–H and O–H groups in total. The molecule has 1 fully saturated rings. The molecule has 2 unspecified atom stereocenters. The Balaban J connectivity index is 2.14. The Morgan fingerprint density at radius 1 is 1.47 bits per heavy atom. The Kier molecular flexibility index (Phi) is 5.34. The average molecular weight is 261 g/mol. The first-order valence-corrected chi connectivity index (χ1v) is 7.55. The van der Waals surface area contributed by atoms with Crippen molar-refractivity contribution in [1.29, 1.82) is 0 Å². The third-order valence-electron chi connectivity index (χ3n) is 4.24. The van der Waals surface area contributed by atoms with E-state index in [1.54, 1.807) is 0 Å². The van der Waals surface area contributed by atoms with Gasteiger partial charge in [0.1, 0.15) is 0 Å². The van der Waals surface area contributed by atoms with Gasteiger partial charge in [0.25, 0.3) is 0 Å². The van der Waals surface area contributed by atoms with Crippen molar-refractivity contribution >= 4 is 0 Å². The first-order chi connectivity index (χ1) is 9.24. The summed E-state index contributed by atoms with van der Waals surface area (Å²) in [5.74, 6) is 0.702. The average Bonchev–Trinajstić information content (AvgIpc) is 2.41. The number of likely N-dealkylation sites (tertiary alicyclic amines) is 1. The molecule has 1 aliphatic heterocycles. The zero-order valence-corrected chi connectivity index (χ0v) is 12.5. The Hall–Kier alpha value is -0.930. The summed E-state index contributed by atoms with van der Waals surface area (Å²) in [4.78, 5) is 6.84. The van der Waals surface area contributed by atoms with Crippen molar-refractivity contribution in [2.45, 2.75) is 39.2 Å². The summed E-state index contributed by atoms with van der Waals surface area (Å²) in [5, 5.41) is 3.60. The molecule has 19 heavy (non-hydrogen) atoms. The van der Waals surface area contributed by atoms with Crippen LogP contribution in [0.4, 0.5) is 0 Å². The van der Waals surface area contributed by atoms with Gasteiger partial charge in [0.2, 0.25) is 0 Å². The minimum absolute atomic E-state index is 0.520. The van der Waals surface area contributed by atoms with Crippen molar-refractivity contribution in [2.24, 2.45) is 5.92 Å². The number of nitrogens with zero attached hydrogens (tertiary/aromatic N) is 2. The smallest absolute Gasteiger partial charge is 0.0403 e. The summed E-state index contributed by atoms with van der Waals surface area (Å²) in [6.07, 6.45) is 7.80. The highest BCUT2D eigenvalue weighted by molar-refractivity contribution is 5.26. The molecule has 1 saturated heterocycles. The lowest BCUT2D eigenvalue weighted by atomic mass is 9.84. The van der Waals surface area contributed by atoms with Crippen molar-refractivity contribution in [1.82, 2.24) is 15.2 Å². The number of piperidine rings is 1. The summed E-state index contributed by atoms with van der Waals surface area (Å²) >= 11 is 0. The van der Waals surface area contributed by atoms with Gasteiger partial charge in [0.05, 0.1) is 0 Å². The number of hydrogen-bond donors (Lipinski definition) is 1. The van der Waals surface area contributed by atoms with Gasteiger partial charge in [-0.25, -0.2) is 0 Å². The summed E-state index contributed by atoms with van der Waals surface area (Å²) in [5.41, 5.74) is 2.78. The van der Waals surface area contributed by atoms with Gasteiger partial charge < -0.3 is 5.32 Å². The van der Waals surface area contributed by atoms with Gasteiger partial charge in [0.15, 0.2) is 0 Å². The Labute approximate surface area is 117 Å². The van der Waals surface area contributed by atoms with E-state index in [-0.39, 0.29) is 0 Å². The van der Waals surface area contributed by atoms with E-state index >= 15 is 0 Å². The molecule has 0 radical (unpaired) electrons. The molecule has 1 aromatic heterocycles. The fourth-order valence-electron chi connectivity index (χ4n) is 3.21. The molecule has 1 aliphatic rings. The van der Waals surface area contributed by atoms with Crippen molar-refractivity contribution < 1.29 is 0 Å². The number of hydrogen-bond acceptors (Lipinski definition) is 3. The van der Waals surface area contributed by atoms with Gasteiger partial charge in [-0.15, -0.1) is 0 Å². The Morgan fingerprint density at radius 2 is 2.32 bits per heavy atom. The van der Waals surface area contributed by atoms with E-state index in [2.05, 4.69) is 48.4 Å². The molecule has 0 aliphatic carbocycles. The third-order valence-corrected chi connectivity index (χ3v) is 4.24. The van der Waals surface area contributed by atoms with Gasteiger partial charge in [0, 0.05) is 18.4 Å². The van der Waals surface area contributed by atoms with Crippen LogP contribution in [0.3, 0.4) is 0 Å². The molecule has 2 rings (SSSR count). The summed E-state index contributed by atoms with van der Waals surface area (Å²) in [6, 6.07) is 2.65. The molecule has 0 bridgehead atoms. The summed E-state index contributed by atoms with van der Waals surface area (Å²) in [6.45, 7) is 7.87. The maximum absolute atomic E-state index is 4.34. The highest BCUT2D eigenvalue weighted by Gasteiger charge is 2.31. The van der Waals surface area contributed by atoms with Crippen molar-refractivity contribution in [3.63, 3.8) is 0 Å². The van der Waals surface area contributed by atoms with Gasteiger partial charge in [-0.05, 0) is 76.0 Å². The van der Waals surface area contributed by atoms with Crippen LogP contribution < -0.4 is 5.32 Å². The number of pyridine rings is 1. The van der Waals surface area contributed by atoms with E-state index in [1.807, 2.05) is 6.20 Å². The lowest BCUT2D eigenvalue weighted by Gasteiger charge is -2.40. The molecule has 3 heteroatoms. The number of aromatic nitrogens is 1. The Morgan fingerprint density at radius 3 is 3.05 bits per heavy atom. The van der Waals surface area contributed by atoms with E-state index in [1.165, 1.54) is 36.9 Å². The van der Waals surface area contributed by atoms with Gasteiger partial charge >= 0.3 is 0 Å². The normalized spacial score (nSPS) is 24.6. The molecule has 106 valence electrons. The largest absolute Gasteiger partial charge is 0.316 e. The van der Waals surface area contributed by atoms with Gasteiger partial charge in [-0.3, -0.25) is 9.88 Å². The molecule has 1 aromatic rings. The molecule has 2 heterocycles. The zero-order chi connectivity index (χ0) is 13.7. The van der Waals surface area contributed by atoms with Crippen molar-refractivity contribution in [3.05, 3.63) is 29.6 Å². The Bertz CT molecular complexity index is 391. The molecular weight excluding hydrogens is 234 g/mol.